The van der Waals surface area contributed by atoms with E-state index in [2.05, 4.69) is 41.2 Å². The van der Waals surface area contributed by atoms with Crippen LogP contribution in [0.4, 0.5) is 5.82 Å². The molecular weight excluding hydrogens is 330 g/mol. The predicted molar refractivity (Wildman–Crippen MR) is 110 cm³/mol. The summed E-state index contributed by atoms with van der Waals surface area (Å²) in [6.45, 7) is 3.23. The average molecular weight is 362 g/mol. The van der Waals surface area contributed by atoms with E-state index in [1.807, 2.05) is 0 Å². The number of nitrogens with one attached hydrogen (secondary N) is 1. The highest BCUT2D eigenvalue weighted by Crippen LogP contribution is 2.61. The van der Waals surface area contributed by atoms with Crippen LogP contribution in [0.2, 0.25) is 0 Å². The number of rotatable bonds is 2. The maximum absolute atomic E-state index is 5.38. The van der Waals surface area contributed by atoms with Gasteiger partial charge < -0.3 is 5.32 Å². The third-order valence-corrected chi connectivity index (χ3v) is 7.95. The summed E-state index contributed by atoms with van der Waals surface area (Å²) >= 11 is 0. The van der Waals surface area contributed by atoms with Crippen LogP contribution in [0.3, 0.4) is 0 Å². The molecule has 3 nitrogen and oxygen atoms in total. The number of hydrogen-bond donors (Lipinski definition) is 1. The van der Waals surface area contributed by atoms with Gasteiger partial charge in [-0.3, -0.25) is 0 Å². The number of aryl methyl sites for hydroxylation is 1. The Labute approximate surface area is 162 Å². The molecule has 3 heteroatoms. The zero-order chi connectivity index (χ0) is 18.0. The van der Waals surface area contributed by atoms with Crippen molar-refractivity contribution in [1.82, 2.24) is 9.78 Å². The van der Waals surface area contributed by atoms with Crippen molar-refractivity contribution in [1.29, 1.82) is 0 Å². The molecule has 0 amide bonds. The van der Waals surface area contributed by atoms with Crippen molar-refractivity contribution in [3.8, 4) is 5.69 Å². The van der Waals surface area contributed by atoms with E-state index in [9.17, 15) is 0 Å². The van der Waals surface area contributed by atoms with Gasteiger partial charge in [-0.15, -0.1) is 0 Å². The summed E-state index contributed by atoms with van der Waals surface area (Å²) in [7, 11) is 0. The zero-order valence-electron chi connectivity index (χ0n) is 16.5. The van der Waals surface area contributed by atoms with Gasteiger partial charge in [0.2, 0.25) is 0 Å². The van der Waals surface area contributed by atoms with Crippen molar-refractivity contribution in [3.63, 3.8) is 0 Å². The van der Waals surface area contributed by atoms with Gasteiger partial charge in [-0.25, -0.2) is 4.68 Å². The molecule has 27 heavy (non-hydrogen) atoms. The summed E-state index contributed by atoms with van der Waals surface area (Å²) in [4.78, 5) is 0. The Morgan fingerprint density at radius 3 is 2.30 bits per heavy atom. The van der Waals surface area contributed by atoms with Gasteiger partial charge in [-0.2, -0.15) is 5.10 Å². The van der Waals surface area contributed by atoms with Gasteiger partial charge >= 0.3 is 0 Å². The minimum atomic E-state index is 0.376. The molecule has 1 N–H and O–H groups in total. The molecule has 1 aromatic heterocycles. The second kappa shape index (κ2) is 5.86. The lowest BCUT2D eigenvalue weighted by Crippen LogP contribution is -2.49. The van der Waals surface area contributed by atoms with Crippen molar-refractivity contribution < 1.29 is 0 Å². The molecule has 4 saturated carbocycles. The van der Waals surface area contributed by atoms with Crippen molar-refractivity contribution in [2.45, 2.75) is 70.1 Å². The lowest BCUT2D eigenvalue weighted by Gasteiger charge is -2.56. The molecule has 2 heterocycles. The van der Waals surface area contributed by atoms with Crippen LogP contribution < -0.4 is 5.32 Å². The Morgan fingerprint density at radius 1 is 0.963 bits per heavy atom. The molecular formula is C24H31N3. The van der Waals surface area contributed by atoms with Crippen LogP contribution in [-0.4, -0.2) is 16.3 Å². The predicted octanol–water partition coefficient (Wildman–Crippen LogP) is 5.40. The second-order valence-electron chi connectivity index (χ2n) is 10.0. The standard InChI is InChI=1S/C24H31N3/c1-16-5-7-20(8-6-16)27-23-21(4-2-3-9-25-23)22(26-27)24-13-17-10-18(14-24)12-19(11-17)15-24/h5-8,17-19,25H,2-4,9-15H2,1H3. The van der Waals surface area contributed by atoms with Gasteiger partial charge in [0.1, 0.15) is 5.82 Å². The first-order valence-corrected chi connectivity index (χ1v) is 11.1. The van der Waals surface area contributed by atoms with E-state index in [0.717, 1.165) is 24.3 Å². The van der Waals surface area contributed by atoms with Crippen molar-refractivity contribution >= 4 is 5.82 Å². The number of hydrogen-bond acceptors (Lipinski definition) is 2. The fourth-order valence-electron chi connectivity index (χ4n) is 7.20. The highest BCUT2D eigenvalue weighted by molar-refractivity contribution is 5.56. The Hall–Kier alpha value is -1.77. The van der Waals surface area contributed by atoms with Crippen LogP contribution in [-0.2, 0) is 11.8 Å². The van der Waals surface area contributed by atoms with Crippen molar-refractivity contribution in [3.05, 3.63) is 41.1 Å². The third-order valence-electron chi connectivity index (χ3n) is 7.95. The van der Waals surface area contributed by atoms with Crippen LogP contribution in [0.1, 0.15) is 68.2 Å². The Balaban J connectivity index is 1.50. The molecule has 5 aliphatic rings. The molecule has 4 fully saturated rings. The SMILES string of the molecule is Cc1ccc(-n2nc(C34CC5CC(CC(C5)C3)C4)c3c2NCCCC3)cc1. The van der Waals surface area contributed by atoms with Crippen LogP contribution in [0, 0.1) is 24.7 Å². The first kappa shape index (κ1) is 16.2. The minimum Gasteiger partial charge on any atom is -0.370 e. The molecule has 0 radical (unpaired) electrons. The molecule has 0 spiro atoms. The maximum Gasteiger partial charge on any atom is 0.133 e. The molecule has 2 aromatic rings. The zero-order valence-corrected chi connectivity index (χ0v) is 16.5. The molecule has 4 aliphatic carbocycles. The quantitative estimate of drug-likeness (QED) is 0.776. The summed E-state index contributed by atoms with van der Waals surface area (Å²) in [6.07, 6.45) is 12.4. The summed E-state index contributed by atoms with van der Waals surface area (Å²) in [5, 5.41) is 9.14. The molecule has 7 rings (SSSR count). The summed E-state index contributed by atoms with van der Waals surface area (Å²) in [6, 6.07) is 8.90. The van der Waals surface area contributed by atoms with Crippen LogP contribution in [0.15, 0.2) is 24.3 Å². The van der Waals surface area contributed by atoms with Crippen molar-refractivity contribution in [2.75, 3.05) is 11.9 Å². The lowest BCUT2D eigenvalue weighted by atomic mass is 9.48. The summed E-state index contributed by atoms with van der Waals surface area (Å²) in [5.74, 6) is 4.20. The number of nitrogens with zero attached hydrogens (tertiary/aromatic N) is 2. The molecule has 142 valence electrons. The van der Waals surface area contributed by atoms with E-state index < -0.39 is 0 Å². The van der Waals surface area contributed by atoms with Crippen molar-refractivity contribution in [2.24, 2.45) is 17.8 Å². The number of aromatic nitrogens is 2. The maximum atomic E-state index is 5.38. The van der Waals surface area contributed by atoms with Gasteiger partial charge in [0.05, 0.1) is 11.4 Å². The van der Waals surface area contributed by atoms with Gasteiger partial charge in [0.25, 0.3) is 0 Å². The Kier molecular flexibility index (Phi) is 3.52. The molecule has 1 aromatic carbocycles. The van der Waals surface area contributed by atoms with E-state index >= 15 is 0 Å². The third kappa shape index (κ3) is 2.50. The number of benzene rings is 1. The van der Waals surface area contributed by atoms with Crippen LogP contribution in [0.5, 0.6) is 0 Å². The normalized spacial score (nSPS) is 34.2. The molecule has 4 bridgehead atoms. The molecule has 1 aliphatic heterocycles. The van der Waals surface area contributed by atoms with Gasteiger partial charge in [0, 0.05) is 17.5 Å². The van der Waals surface area contributed by atoms with E-state index in [1.165, 1.54) is 80.6 Å². The van der Waals surface area contributed by atoms with E-state index in [-0.39, 0.29) is 0 Å². The topological polar surface area (TPSA) is 29.9 Å². The fraction of sp³-hybridized carbons (Fsp3) is 0.625. The van der Waals surface area contributed by atoms with Crippen LogP contribution >= 0.6 is 0 Å². The monoisotopic (exact) mass is 361 g/mol. The second-order valence-corrected chi connectivity index (χ2v) is 10.0. The smallest absolute Gasteiger partial charge is 0.133 e. The first-order chi connectivity index (χ1) is 13.2. The lowest BCUT2D eigenvalue weighted by molar-refractivity contribution is -0.00773. The van der Waals surface area contributed by atoms with Crippen LogP contribution in [0.25, 0.3) is 5.69 Å². The van der Waals surface area contributed by atoms with E-state index in [1.54, 1.807) is 5.56 Å². The first-order valence-electron chi connectivity index (χ1n) is 11.1. The van der Waals surface area contributed by atoms with Gasteiger partial charge in [-0.05, 0) is 94.6 Å². The number of fused-ring (bicyclic) bond motifs is 1. The van der Waals surface area contributed by atoms with E-state index in [0.29, 0.717) is 5.41 Å². The summed E-state index contributed by atoms with van der Waals surface area (Å²) in [5.41, 5.74) is 5.93. The average Bonchev–Trinajstić information content (AvgIpc) is 2.84. The van der Waals surface area contributed by atoms with Gasteiger partial charge in [-0.1, -0.05) is 17.7 Å². The largest absolute Gasteiger partial charge is 0.370 e. The molecule has 0 unspecified atom stereocenters. The number of anilines is 1. The van der Waals surface area contributed by atoms with Gasteiger partial charge in [0.15, 0.2) is 0 Å². The fourth-order valence-corrected chi connectivity index (χ4v) is 7.20. The highest BCUT2D eigenvalue weighted by Gasteiger charge is 2.53. The minimum absolute atomic E-state index is 0.376. The summed E-state index contributed by atoms with van der Waals surface area (Å²) < 4.78 is 2.24. The molecule has 0 saturated heterocycles. The van der Waals surface area contributed by atoms with E-state index in [4.69, 9.17) is 5.10 Å². The Morgan fingerprint density at radius 2 is 1.63 bits per heavy atom. The molecule has 0 atom stereocenters. The highest BCUT2D eigenvalue weighted by atomic mass is 15.3. The Bertz CT molecular complexity index is 825.